The number of aryl methyl sites for hydroxylation is 2. The number of carbonyl (C=O) groups is 1. The highest BCUT2D eigenvalue weighted by Crippen LogP contribution is 2.19. The van der Waals surface area contributed by atoms with Crippen LogP contribution in [-0.4, -0.2) is 38.9 Å². The molecule has 0 radical (unpaired) electrons. The molecule has 0 bridgehead atoms. The van der Waals surface area contributed by atoms with Crippen molar-refractivity contribution in [2.75, 3.05) is 12.4 Å². The highest BCUT2D eigenvalue weighted by atomic mass is 79.9. The van der Waals surface area contributed by atoms with E-state index < -0.39 is 0 Å². The van der Waals surface area contributed by atoms with Gasteiger partial charge in [-0.1, -0.05) is 22.9 Å². The van der Waals surface area contributed by atoms with Crippen molar-refractivity contribution in [3.05, 3.63) is 23.0 Å². The van der Waals surface area contributed by atoms with Gasteiger partial charge in [-0.2, -0.15) is 10.2 Å². The molecule has 1 amide bonds. The molecule has 0 aromatic carbocycles. The van der Waals surface area contributed by atoms with E-state index >= 15 is 0 Å². The maximum Gasteiger partial charge on any atom is 0.256 e. The van der Waals surface area contributed by atoms with Crippen LogP contribution in [0.2, 0.25) is 0 Å². The van der Waals surface area contributed by atoms with Gasteiger partial charge in [0, 0.05) is 17.9 Å². The Bertz CT molecular complexity index is 446. The summed E-state index contributed by atoms with van der Waals surface area (Å²) in [6.45, 7) is 7.87. The third-order valence-corrected chi connectivity index (χ3v) is 4.47. The van der Waals surface area contributed by atoms with E-state index in [2.05, 4.69) is 26.1 Å². The zero-order chi connectivity index (χ0) is 13.9. The van der Waals surface area contributed by atoms with Crippen molar-refractivity contribution in [3.8, 4) is 0 Å². The molecule has 0 aliphatic heterocycles. The molecule has 0 fully saturated rings. The summed E-state index contributed by atoms with van der Waals surface area (Å²) >= 11 is 3.44. The molecule has 0 saturated carbocycles. The van der Waals surface area contributed by atoms with Crippen LogP contribution in [0, 0.1) is 6.92 Å². The Morgan fingerprint density at radius 3 is 2.56 bits per heavy atom. The van der Waals surface area contributed by atoms with Gasteiger partial charge in [0.25, 0.3) is 5.91 Å². The maximum absolute atomic E-state index is 12.5. The molecule has 5 heteroatoms. The minimum Gasteiger partial charge on any atom is -0.336 e. The van der Waals surface area contributed by atoms with Crippen molar-refractivity contribution in [1.82, 2.24) is 15.1 Å². The van der Waals surface area contributed by atoms with Crippen molar-refractivity contribution >= 4 is 21.8 Å². The minimum atomic E-state index is -0.237. The van der Waals surface area contributed by atoms with Crippen LogP contribution in [0.15, 0.2) is 6.07 Å². The SMILES string of the molecule is CCc1nnc(C)cc1C(=O)N(C)C(C)(C)CBr. The molecule has 1 rings (SSSR count). The topological polar surface area (TPSA) is 46.1 Å². The number of hydrogen-bond donors (Lipinski definition) is 0. The molecule has 0 saturated heterocycles. The van der Waals surface area contributed by atoms with Gasteiger partial charge in [-0.15, -0.1) is 0 Å². The smallest absolute Gasteiger partial charge is 0.256 e. The number of carbonyl (C=O) groups excluding carboxylic acids is 1. The lowest BCUT2D eigenvalue weighted by Gasteiger charge is -2.34. The molecule has 0 spiro atoms. The maximum atomic E-state index is 12.5. The quantitative estimate of drug-likeness (QED) is 0.803. The van der Waals surface area contributed by atoms with Gasteiger partial charge in [0.05, 0.1) is 17.0 Å². The van der Waals surface area contributed by atoms with Crippen molar-refractivity contribution in [2.24, 2.45) is 0 Å². The lowest BCUT2D eigenvalue weighted by Crippen LogP contribution is -2.46. The van der Waals surface area contributed by atoms with Gasteiger partial charge >= 0.3 is 0 Å². The first-order chi connectivity index (χ1) is 8.33. The van der Waals surface area contributed by atoms with Crippen LogP contribution in [0.5, 0.6) is 0 Å². The number of rotatable bonds is 4. The van der Waals surface area contributed by atoms with E-state index in [0.29, 0.717) is 12.0 Å². The minimum absolute atomic E-state index is 0.00528. The summed E-state index contributed by atoms with van der Waals surface area (Å²) in [6.07, 6.45) is 0.705. The molecule has 1 heterocycles. The molecule has 0 N–H and O–H groups in total. The van der Waals surface area contributed by atoms with Crippen molar-refractivity contribution in [3.63, 3.8) is 0 Å². The monoisotopic (exact) mass is 313 g/mol. The van der Waals surface area contributed by atoms with Gasteiger partial charge < -0.3 is 4.90 Å². The highest BCUT2D eigenvalue weighted by molar-refractivity contribution is 9.09. The Balaban J connectivity index is 3.14. The van der Waals surface area contributed by atoms with Gasteiger partial charge in [0.1, 0.15) is 0 Å². The summed E-state index contributed by atoms with van der Waals surface area (Å²) in [5.74, 6) is -0.00528. The van der Waals surface area contributed by atoms with E-state index in [9.17, 15) is 4.79 Å². The molecular formula is C13H20BrN3O. The first-order valence-electron chi connectivity index (χ1n) is 6.00. The van der Waals surface area contributed by atoms with Crippen LogP contribution < -0.4 is 0 Å². The second-order valence-electron chi connectivity index (χ2n) is 5.01. The largest absolute Gasteiger partial charge is 0.336 e. The van der Waals surface area contributed by atoms with Gasteiger partial charge in [0.2, 0.25) is 0 Å². The molecule has 0 aliphatic carbocycles. The van der Waals surface area contributed by atoms with Crippen LogP contribution in [0.4, 0.5) is 0 Å². The fourth-order valence-corrected chi connectivity index (χ4v) is 1.88. The number of alkyl halides is 1. The van der Waals surface area contributed by atoms with Crippen molar-refractivity contribution < 1.29 is 4.79 Å². The average Bonchev–Trinajstić information content (AvgIpc) is 2.36. The summed E-state index contributed by atoms with van der Waals surface area (Å²) in [6, 6.07) is 1.81. The standard InChI is InChI=1S/C13H20BrN3O/c1-6-11-10(7-9(2)15-16-11)12(18)17(5)13(3,4)8-14/h7H,6,8H2,1-5H3. The van der Waals surface area contributed by atoms with E-state index in [4.69, 9.17) is 0 Å². The molecule has 0 aliphatic rings. The van der Waals surface area contributed by atoms with Crippen LogP contribution >= 0.6 is 15.9 Å². The Morgan fingerprint density at radius 2 is 2.06 bits per heavy atom. The lowest BCUT2D eigenvalue weighted by atomic mass is 10.0. The third kappa shape index (κ3) is 3.07. The zero-order valence-electron chi connectivity index (χ0n) is 11.6. The number of amides is 1. The second kappa shape index (κ2) is 5.78. The van der Waals surface area contributed by atoms with Crippen LogP contribution in [0.25, 0.3) is 0 Å². The van der Waals surface area contributed by atoms with Crippen LogP contribution in [0.3, 0.4) is 0 Å². The van der Waals surface area contributed by atoms with E-state index in [1.54, 1.807) is 4.90 Å². The summed E-state index contributed by atoms with van der Waals surface area (Å²) in [5, 5.41) is 8.83. The van der Waals surface area contributed by atoms with Crippen LogP contribution in [-0.2, 0) is 6.42 Å². The fraction of sp³-hybridized carbons (Fsp3) is 0.615. The van der Waals surface area contributed by atoms with Gasteiger partial charge in [-0.3, -0.25) is 4.79 Å². The zero-order valence-corrected chi connectivity index (χ0v) is 13.2. The van der Waals surface area contributed by atoms with Gasteiger partial charge in [-0.05, 0) is 33.3 Å². The molecule has 4 nitrogen and oxygen atoms in total. The first-order valence-corrected chi connectivity index (χ1v) is 7.13. The number of hydrogen-bond acceptors (Lipinski definition) is 3. The second-order valence-corrected chi connectivity index (χ2v) is 5.57. The Kier molecular flexibility index (Phi) is 4.85. The van der Waals surface area contributed by atoms with Crippen LogP contribution in [0.1, 0.15) is 42.5 Å². The van der Waals surface area contributed by atoms with Gasteiger partial charge in [0.15, 0.2) is 0 Å². The average molecular weight is 314 g/mol. The Morgan fingerprint density at radius 1 is 1.44 bits per heavy atom. The summed E-state index contributed by atoms with van der Waals surface area (Å²) < 4.78 is 0. The molecule has 0 unspecified atom stereocenters. The molecule has 18 heavy (non-hydrogen) atoms. The fourth-order valence-electron chi connectivity index (χ4n) is 1.51. The van der Waals surface area contributed by atoms with Crippen molar-refractivity contribution in [2.45, 2.75) is 39.7 Å². The summed E-state index contributed by atoms with van der Waals surface area (Å²) in [7, 11) is 1.82. The van der Waals surface area contributed by atoms with E-state index in [-0.39, 0.29) is 11.4 Å². The number of halogens is 1. The Hall–Kier alpha value is -0.970. The predicted octanol–water partition coefficient (Wildman–Crippen LogP) is 2.59. The predicted molar refractivity (Wildman–Crippen MR) is 76.1 cm³/mol. The lowest BCUT2D eigenvalue weighted by molar-refractivity contribution is 0.0661. The summed E-state index contributed by atoms with van der Waals surface area (Å²) in [4.78, 5) is 14.3. The molecule has 1 aromatic heterocycles. The molecule has 1 aromatic rings. The third-order valence-electron chi connectivity index (χ3n) is 3.10. The van der Waals surface area contributed by atoms with E-state index in [0.717, 1.165) is 16.7 Å². The highest BCUT2D eigenvalue weighted by Gasteiger charge is 2.28. The first kappa shape index (κ1) is 15.1. The van der Waals surface area contributed by atoms with E-state index in [1.807, 2.05) is 40.8 Å². The van der Waals surface area contributed by atoms with Gasteiger partial charge in [-0.25, -0.2) is 0 Å². The van der Waals surface area contributed by atoms with Crippen molar-refractivity contribution in [1.29, 1.82) is 0 Å². The molecular weight excluding hydrogens is 294 g/mol. The number of aromatic nitrogens is 2. The number of nitrogens with zero attached hydrogens (tertiary/aromatic N) is 3. The van der Waals surface area contributed by atoms with E-state index in [1.165, 1.54) is 0 Å². The molecule has 0 atom stereocenters. The molecule has 100 valence electrons. The normalized spacial score (nSPS) is 11.4. The Labute approximate surface area is 117 Å². The summed E-state index contributed by atoms with van der Waals surface area (Å²) in [5.41, 5.74) is 1.93.